The third-order valence-corrected chi connectivity index (χ3v) is 6.44. The third kappa shape index (κ3) is 3.60. The molecule has 5 heteroatoms. The maximum Gasteiger partial charge on any atom is 0.237 e. The predicted octanol–water partition coefficient (Wildman–Crippen LogP) is 4.19. The van der Waals surface area contributed by atoms with Crippen molar-refractivity contribution in [2.24, 2.45) is 0 Å². The summed E-state index contributed by atoms with van der Waals surface area (Å²) in [5.41, 5.74) is 2.43. The summed E-state index contributed by atoms with van der Waals surface area (Å²) in [6, 6.07) is 13.9. The van der Waals surface area contributed by atoms with E-state index >= 15 is 0 Å². The molecule has 2 heterocycles. The molecule has 2 aromatic carbocycles. The molecule has 1 saturated heterocycles. The Hall–Kier alpha value is -2.53. The van der Waals surface area contributed by atoms with E-state index in [1.165, 1.54) is 17.7 Å². The molecule has 0 radical (unpaired) electrons. The van der Waals surface area contributed by atoms with E-state index in [1.54, 1.807) is 12.1 Å². The molecule has 0 atom stereocenters. The van der Waals surface area contributed by atoms with Gasteiger partial charge in [0.15, 0.2) is 5.78 Å². The molecule has 2 aliphatic heterocycles. The summed E-state index contributed by atoms with van der Waals surface area (Å²) in [5, 5.41) is 0. The van der Waals surface area contributed by atoms with Crippen molar-refractivity contribution in [3.8, 4) is 0 Å². The molecule has 1 amide bonds. The fourth-order valence-electron chi connectivity index (χ4n) is 4.80. The third-order valence-electron chi connectivity index (χ3n) is 6.44. The van der Waals surface area contributed by atoms with Gasteiger partial charge in [0.1, 0.15) is 5.82 Å². The smallest absolute Gasteiger partial charge is 0.237 e. The van der Waals surface area contributed by atoms with Crippen LogP contribution in [0.25, 0.3) is 0 Å². The molecule has 0 N–H and O–H groups in total. The van der Waals surface area contributed by atoms with E-state index < -0.39 is 0 Å². The maximum atomic E-state index is 13.2. The van der Waals surface area contributed by atoms with E-state index in [2.05, 4.69) is 17.0 Å². The second-order valence-electron chi connectivity index (χ2n) is 8.02. The largest absolute Gasteiger partial charge is 0.312 e. The number of likely N-dealkylation sites (N-methyl/N-ethyl adjacent to an activating group) is 1. The first-order valence-electron chi connectivity index (χ1n) is 10.5. The number of hydrogen-bond donors (Lipinski definition) is 0. The average molecular weight is 394 g/mol. The molecule has 1 fully saturated rings. The van der Waals surface area contributed by atoms with Gasteiger partial charge in [-0.2, -0.15) is 0 Å². The summed E-state index contributed by atoms with van der Waals surface area (Å²) in [7, 11) is 0. The highest BCUT2D eigenvalue weighted by atomic mass is 19.1. The van der Waals surface area contributed by atoms with Gasteiger partial charge in [-0.05, 0) is 81.7 Å². The van der Waals surface area contributed by atoms with E-state index in [-0.39, 0.29) is 22.9 Å². The quantitative estimate of drug-likeness (QED) is 0.690. The highest BCUT2D eigenvalue weighted by Crippen LogP contribution is 2.47. The average Bonchev–Trinajstić information content (AvgIpc) is 2.97. The van der Waals surface area contributed by atoms with Crippen molar-refractivity contribution in [2.45, 2.75) is 38.0 Å². The van der Waals surface area contributed by atoms with Crippen molar-refractivity contribution in [3.05, 3.63) is 65.5 Å². The Bertz CT molecular complexity index is 901. The summed E-state index contributed by atoms with van der Waals surface area (Å²) in [6.45, 7) is 5.30. The van der Waals surface area contributed by atoms with Crippen molar-refractivity contribution in [2.75, 3.05) is 31.1 Å². The van der Waals surface area contributed by atoms with Gasteiger partial charge in [-0.25, -0.2) is 4.39 Å². The molecule has 29 heavy (non-hydrogen) atoms. The normalized spacial score (nSPS) is 18.3. The molecular formula is C24H27FN2O2. The number of benzene rings is 2. The second kappa shape index (κ2) is 8.07. The lowest BCUT2D eigenvalue weighted by Gasteiger charge is -2.38. The highest BCUT2D eigenvalue weighted by Gasteiger charge is 2.51. The standard InChI is InChI=1S/C24H27FN2O2/c1-2-27-21-7-4-3-6-20(21)24(23(27)29)13-16-26(17-14-24)15-5-8-22(28)18-9-11-19(25)12-10-18/h3-4,6-7,9-12H,2,5,8,13-17H2,1H3. The molecule has 2 aliphatic rings. The first kappa shape index (κ1) is 19.8. The summed E-state index contributed by atoms with van der Waals surface area (Å²) in [5.74, 6) is -0.0298. The number of hydrogen-bond acceptors (Lipinski definition) is 3. The first-order chi connectivity index (χ1) is 14.0. The van der Waals surface area contributed by atoms with Crippen molar-refractivity contribution < 1.29 is 14.0 Å². The van der Waals surface area contributed by atoms with Gasteiger partial charge in [0, 0.05) is 24.2 Å². The van der Waals surface area contributed by atoms with Crippen LogP contribution in [0.4, 0.5) is 10.1 Å². The van der Waals surface area contributed by atoms with Crippen LogP contribution >= 0.6 is 0 Å². The van der Waals surface area contributed by atoms with Gasteiger partial charge in [0.25, 0.3) is 0 Å². The molecule has 0 aliphatic carbocycles. The van der Waals surface area contributed by atoms with E-state index in [1.807, 2.05) is 24.0 Å². The zero-order valence-corrected chi connectivity index (χ0v) is 16.9. The monoisotopic (exact) mass is 394 g/mol. The van der Waals surface area contributed by atoms with E-state index in [0.717, 1.165) is 44.6 Å². The number of rotatable bonds is 6. The number of anilines is 1. The SMILES string of the molecule is CCN1C(=O)C2(CCN(CCCC(=O)c3ccc(F)cc3)CC2)c2ccccc21. The van der Waals surface area contributed by atoms with Crippen LogP contribution in [0, 0.1) is 5.82 Å². The zero-order valence-electron chi connectivity index (χ0n) is 16.9. The molecular weight excluding hydrogens is 367 g/mol. The predicted molar refractivity (Wildman–Crippen MR) is 112 cm³/mol. The minimum Gasteiger partial charge on any atom is -0.312 e. The first-order valence-corrected chi connectivity index (χ1v) is 10.5. The Morgan fingerprint density at radius 1 is 1.07 bits per heavy atom. The number of halogens is 1. The summed E-state index contributed by atoms with van der Waals surface area (Å²) in [6.07, 6.45) is 2.88. The second-order valence-corrected chi connectivity index (χ2v) is 8.02. The summed E-state index contributed by atoms with van der Waals surface area (Å²) in [4.78, 5) is 29.7. The molecule has 4 rings (SSSR count). The molecule has 4 nitrogen and oxygen atoms in total. The Balaban J connectivity index is 1.33. The van der Waals surface area contributed by atoms with Gasteiger partial charge in [0.2, 0.25) is 5.91 Å². The number of para-hydroxylation sites is 1. The number of piperidine rings is 1. The zero-order chi connectivity index (χ0) is 20.4. The molecule has 0 saturated carbocycles. The van der Waals surface area contributed by atoms with Crippen LogP contribution in [-0.2, 0) is 10.2 Å². The van der Waals surface area contributed by atoms with Crippen LogP contribution in [0.2, 0.25) is 0 Å². The molecule has 2 aromatic rings. The minimum atomic E-state index is -0.382. The Kier molecular flexibility index (Phi) is 5.50. The molecule has 0 unspecified atom stereocenters. The van der Waals surface area contributed by atoms with Crippen LogP contribution in [-0.4, -0.2) is 42.8 Å². The van der Waals surface area contributed by atoms with Crippen molar-refractivity contribution >= 4 is 17.4 Å². The van der Waals surface area contributed by atoms with Crippen LogP contribution in [0.1, 0.15) is 48.5 Å². The van der Waals surface area contributed by atoms with E-state index in [0.29, 0.717) is 18.5 Å². The van der Waals surface area contributed by atoms with Crippen molar-refractivity contribution in [3.63, 3.8) is 0 Å². The lowest BCUT2D eigenvalue weighted by molar-refractivity contribution is -0.124. The van der Waals surface area contributed by atoms with E-state index in [4.69, 9.17) is 0 Å². The summed E-state index contributed by atoms with van der Waals surface area (Å²) < 4.78 is 13.0. The van der Waals surface area contributed by atoms with Crippen LogP contribution in [0.3, 0.4) is 0 Å². The number of fused-ring (bicyclic) bond motifs is 2. The van der Waals surface area contributed by atoms with Gasteiger partial charge < -0.3 is 9.80 Å². The molecule has 0 aromatic heterocycles. The lowest BCUT2D eigenvalue weighted by Crippen LogP contribution is -2.48. The Labute approximate surface area is 171 Å². The fourth-order valence-corrected chi connectivity index (χ4v) is 4.80. The van der Waals surface area contributed by atoms with Crippen molar-refractivity contribution in [1.82, 2.24) is 4.90 Å². The van der Waals surface area contributed by atoms with Gasteiger partial charge in [0.05, 0.1) is 5.41 Å². The number of likely N-dealkylation sites (tertiary alicyclic amines) is 1. The number of carbonyl (C=O) groups excluding carboxylic acids is 2. The maximum absolute atomic E-state index is 13.2. The molecule has 152 valence electrons. The Morgan fingerprint density at radius 2 is 1.76 bits per heavy atom. The summed E-state index contributed by atoms with van der Waals surface area (Å²) >= 11 is 0. The van der Waals surface area contributed by atoms with Gasteiger partial charge in [-0.3, -0.25) is 9.59 Å². The molecule has 0 bridgehead atoms. The van der Waals surface area contributed by atoms with Crippen LogP contribution in [0.5, 0.6) is 0 Å². The van der Waals surface area contributed by atoms with E-state index in [9.17, 15) is 14.0 Å². The Morgan fingerprint density at radius 3 is 2.45 bits per heavy atom. The van der Waals surface area contributed by atoms with Gasteiger partial charge >= 0.3 is 0 Å². The number of ketones is 1. The molecule has 1 spiro atoms. The topological polar surface area (TPSA) is 40.6 Å². The minimum absolute atomic E-state index is 0.0527. The van der Waals surface area contributed by atoms with Gasteiger partial charge in [-0.1, -0.05) is 18.2 Å². The lowest BCUT2D eigenvalue weighted by atomic mass is 9.73. The van der Waals surface area contributed by atoms with Gasteiger partial charge in [-0.15, -0.1) is 0 Å². The van der Waals surface area contributed by atoms with Crippen LogP contribution < -0.4 is 4.90 Å². The highest BCUT2D eigenvalue weighted by molar-refractivity contribution is 6.08. The number of Topliss-reactive ketones (excluding diaryl/α,β-unsaturated/α-hetero) is 1. The van der Waals surface area contributed by atoms with Crippen molar-refractivity contribution in [1.29, 1.82) is 0 Å². The van der Waals surface area contributed by atoms with Crippen LogP contribution in [0.15, 0.2) is 48.5 Å². The number of amides is 1. The number of carbonyl (C=O) groups is 2. The number of nitrogens with zero attached hydrogens (tertiary/aromatic N) is 2. The fraction of sp³-hybridized carbons (Fsp3) is 0.417.